The summed E-state index contributed by atoms with van der Waals surface area (Å²) in [5, 5.41) is 9.53. The van der Waals surface area contributed by atoms with Crippen LogP contribution in [0.15, 0.2) is 48.8 Å². The zero-order valence-corrected chi connectivity index (χ0v) is 22.4. The van der Waals surface area contributed by atoms with Crippen LogP contribution >= 0.6 is 58.0 Å². The van der Waals surface area contributed by atoms with E-state index in [9.17, 15) is 0 Å². The van der Waals surface area contributed by atoms with Gasteiger partial charge in [0.05, 0.1) is 10.0 Å². The summed E-state index contributed by atoms with van der Waals surface area (Å²) in [4.78, 5) is 8.08. The van der Waals surface area contributed by atoms with Crippen molar-refractivity contribution < 1.29 is 0 Å². The number of nitrogens with zero attached hydrogens (tertiary/aromatic N) is 2. The van der Waals surface area contributed by atoms with E-state index >= 15 is 0 Å². The van der Waals surface area contributed by atoms with Gasteiger partial charge in [0.25, 0.3) is 0 Å². The summed E-state index contributed by atoms with van der Waals surface area (Å²) in [6.07, 6.45) is 8.32. The van der Waals surface area contributed by atoms with E-state index in [4.69, 9.17) is 58.0 Å². The molecule has 178 valence electrons. The van der Waals surface area contributed by atoms with Gasteiger partial charge in [0.2, 0.25) is 0 Å². The topological polar surface area (TPSA) is 37.8 Å². The third-order valence-electron chi connectivity index (χ3n) is 6.29. The first-order valence-corrected chi connectivity index (χ1v) is 13.1. The number of hydrogen-bond acceptors (Lipinski definition) is 3. The van der Waals surface area contributed by atoms with Gasteiger partial charge in [-0.25, -0.2) is 9.97 Å². The lowest BCUT2D eigenvalue weighted by molar-refractivity contribution is 0.363. The molecule has 2 heterocycles. The first-order valence-electron chi connectivity index (χ1n) is 11.1. The van der Waals surface area contributed by atoms with Gasteiger partial charge in [0, 0.05) is 51.9 Å². The molecule has 0 unspecified atom stereocenters. The lowest BCUT2D eigenvalue weighted by atomic mass is 10.00. The lowest BCUT2D eigenvalue weighted by Gasteiger charge is -2.25. The maximum absolute atomic E-state index is 6.17. The molecule has 34 heavy (non-hydrogen) atoms. The van der Waals surface area contributed by atoms with Gasteiger partial charge < -0.3 is 5.32 Å². The summed E-state index contributed by atoms with van der Waals surface area (Å²) in [7, 11) is 0. The molecule has 2 aromatic carbocycles. The van der Waals surface area contributed by atoms with Crippen molar-refractivity contribution >= 4 is 79.5 Å². The van der Waals surface area contributed by atoms with Gasteiger partial charge in [0.1, 0.15) is 10.3 Å². The number of halogens is 5. The minimum atomic E-state index is 0.283. The molecule has 3 nitrogen and oxygen atoms in total. The fourth-order valence-electron chi connectivity index (χ4n) is 4.29. The first-order chi connectivity index (χ1) is 16.3. The van der Waals surface area contributed by atoms with Crippen LogP contribution in [0.5, 0.6) is 0 Å². The van der Waals surface area contributed by atoms with Crippen LogP contribution in [0.4, 0.5) is 0 Å². The molecule has 1 aliphatic carbocycles. The van der Waals surface area contributed by atoms with Crippen LogP contribution in [0.25, 0.3) is 21.5 Å². The third kappa shape index (κ3) is 5.90. The second-order valence-electron chi connectivity index (χ2n) is 8.81. The Hall–Kier alpha value is -1.33. The van der Waals surface area contributed by atoms with Crippen LogP contribution in [0.2, 0.25) is 20.4 Å². The molecule has 0 spiro atoms. The highest BCUT2D eigenvalue weighted by atomic mass is 35.5. The molecule has 0 radical (unpaired) electrons. The molecular weight excluding hydrogens is 532 g/mol. The highest BCUT2D eigenvalue weighted by Crippen LogP contribution is 2.31. The Morgan fingerprint density at radius 2 is 1.26 bits per heavy atom. The van der Waals surface area contributed by atoms with Crippen LogP contribution in [0.3, 0.4) is 0 Å². The van der Waals surface area contributed by atoms with Crippen molar-refractivity contribution in [3.8, 4) is 0 Å². The SMILES string of the molecule is CC1(NCc2ccc3c(Cl)cnc(Cl)c3c2)CCCC1.ClCc1ccc2c(Cl)cnc(Cl)c2c1. The van der Waals surface area contributed by atoms with Gasteiger partial charge in [-0.1, -0.05) is 83.5 Å². The Morgan fingerprint density at radius 1 is 0.765 bits per heavy atom. The Kier molecular flexibility index (Phi) is 8.45. The number of rotatable bonds is 4. The molecule has 4 aromatic rings. The van der Waals surface area contributed by atoms with E-state index in [2.05, 4.69) is 34.3 Å². The van der Waals surface area contributed by atoms with E-state index in [1.165, 1.54) is 31.2 Å². The van der Waals surface area contributed by atoms with Gasteiger partial charge in [-0.05, 0) is 43.0 Å². The minimum absolute atomic E-state index is 0.283. The van der Waals surface area contributed by atoms with Crippen LogP contribution in [0, 0.1) is 0 Å². The predicted octanol–water partition coefficient (Wildman–Crippen LogP) is 9.24. The summed E-state index contributed by atoms with van der Waals surface area (Å²) in [5.74, 6) is 0.457. The second kappa shape index (κ2) is 11.2. The summed E-state index contributed by atoms with van der Waals surface area (Å²) < 4.78 is 0. The van der Waals surface area contributed by atoms with Crippen molar-refractivity contribution in [2.24, 2.45) is 0 Å². The number of benzene rings is 2. The second-order valence-corrected chi connectivity index (χ2v) is 10.6. The van der Waals surface area contributed by atoms with Gasteiger partial charge in [-0.2, -0.15) is 0 Å². The standard InChI is InChI=1S/C16H18Cl2N2.C10H6Cl3N/c1-16(6-2-3-7-16)20-9-11-4-5-12-13(8-11)15(18)19-10-14(12)17;11-4-6-1-2-7-8(3-6)10(13)14-5-9(7)12/h4-5,8,10,20H,2-3,6-7,9H2,1H3;1-3,5H,4H2. The molecule has 0 atom stereocenters. The van der Waals surface area contributed by atoms with Crippen molar-refractivity contribution in [2.45, 2.75) is 50.6 Å². The molecule has 2 aromatic heterocycles. The van der Waals surface area contributed by atoms with E-state index in [0.29, 0.717) is 26.2 Å². The Morgan fingerprint density at radius 3 is 1.79 bits per heavy atom. The fraction of sp³-hybridized carbons (Fsp3) is 0.308. The molecule has 0 saturated heterocycles. The summed E-state index contributed by atoms with van der Waals surface area (Å²) >= 11 is 30.0. The van der Waals surface area contributed by atoms with E-state index in [1.54, 1.807) is 12.4 Å². The van der Waals surface area contributed by atoms with Gasteiger partial charge >= 0.3 is 0 Å². The number of alkyl halides is 1. The van der Waals surface area contributed by atoms with Crippen molar-refractivity contribution in [1.82, 2.24) is 15.3 Å². The molecule has 0 amide bonds. The quantitative estimate of drug-likeness (QED) is 0.201. The van der Waals surface area contributed by atoms with Gasteiger partial charge in [0.15, 0.2) is 0 Å². The van der Waals surface area contributed by atoms with E-state index in [0.717, 1.165) is 33.7 Å². The number of fused-ring (bicyclic) bond motifs is 2. The van der Waals surface area contributed by atoms with E-state index in [1.807, 2.05) is 24.3 Å². The minimum Gasteiger partial charge on any atom is -0.307 e. The Balaban J connectivity index is 0.000000172. The molecule has 5 rings (SSSR count). The molecule has 1 aliphatic rings. The molecule has 0 bridgehead atoms. The molecule has 8 heteroatoms. The largest absolute Gasteiger partial charge is 0.307 e. The summed E-state index contributed by atoms with van der Waals surface area (Å²) in [6, 6.07) is 12.0. The maximum Gasteiger partial charge on any atom is 0.136 e. The van der Waals surface area contributed by atoms with Crippen LogP contribution < -0.4 is 5.32 Å². The number of pyridine rings is 2. The average Bonchev–Trinajstić information content (AvgIpc) is 3.29. The number of hydrogen-bond donors (Lipinski definition) is 1. The predicted molar refractivity (Wildman–Crippen MR) is 147 cm³/mol. The van der Waals surface area contributed by atoms with E-state index < -0.39 is 0 Å². The number of nitrogens with one attached hydrogen (secondary N) is 1. The van der Waals surface area contributed by atoms with E-state index in [-0.39, 0.29) is 5.54 Å². The van der Waals surface area contributed by atoms with Crippen molar-refractivity contribution in [2.75, 3.05) is 0 Å². The van der Waals surface area contributed by atoms with Gasteiger partial charge in [-0.15, -0.1) is 11.6 Å². The maximum atomic E-state index is 6.17. The summed E-state index contributed by atoms with van der Waals surface area (Å²) in [6.45, 7) is 3.17. The molecule has 1 N–H and O–H groups in total. The average molecular weight is 556 g/mol. The smallest absolute Gasteiger partial charge is 0.136 e. The molecule has 0 aliphatic heterocycles. The fourth-order valence-corrected chi connectivity index (χ4v) is 5.29. The van der Waals surface area contributed by atoms with Crippen LogP contribution in [-0.2, 0) is 12.4 Å². The molecule has 1 saturated carbocycles. The zero-order valence-electron chi connectivity index (χ0n) is 18.6. The van der Waals surface area contributed by atoms with Crippen molar-refractivity contribution in [1.29, 1.82) is 0 Å². The lowest BCUT2D eigenvalue weighted by Crippen LogP contribution is -2.38. The van der Waals surface area contributed by atoms with Crippen molar-refractivity contribution in [3.63, 3.8) is 0 Å². The Bertz CT molecular complexity index is 1320. The monoisotopic (exact) mass is 553 g/mol. The molecular formula is C26H24Cl5N3. The number of aromatic nitrogens is 2. The Labute approximate surface area is 224 Å². The highest BCUT2D eigenvalue weighted by molar-refractivity contribution is 6.40. The molecule has 1 fully saturated rings. The third-order valence-corrected chi connectivity index (χ3v) is 7.80. The van der Waals surface area contributed by atoms with Gasteiger partial charge in [-0.3, -0.25) is 0 Å². The van der Waals surface area contributed by atoms with Crippen LogP contribution in [-0.4, -0.2) is 15.5 Å². The van der Waals surface area contributed by atoms with Crippen molar-refractivity contribution in [3.05, 3.63) is 80.3 Å². The highest BCUT2D eigenvalue weighted by Gasteiger charge is 2.27. The zero-order chi connectivity index (χ0) is 24.3. The van der Waals surface area contributed by atoms with Crippen LogP contribution in [0.1, 0.15) is 43.7 Å². The first kappa shape index (κ1) is 25.8. The normalized spacial score (nSPS) is 14.9. The summed E-state index contributed by atoms with van der Waals surface area (Å²) in [5.41, 5.74) is 2.51.